The van der Waals surface area contributed by atoms with Crippen LogP contribution in [0.1, 0.15) is 60.3 Å². The van der Waals surface area contributed by atoms with E-state index in [1.54, 1.807) is 18.4 Å². The van der Waals surface area contributed by atoms with Crippen LogP contribution in [0.3, 0.4) is 0 Å². The number of hydrogen-bond acceptors (Lipinski definition) is 5. The SMILES string of the molecule is COc1ccccc1NC(=O)c1c(NC(=O)CN2CCCCC2C)sc2c1CCC(C)C2. The fourth-order valence-electron chi connectivity index (χ4n) is 4.75. The summed E-state index contributed by atoms with van der Waals surface area (Å²) in [6.07, 6.45) is 6.36. The lowest BCUT2D eigenvalue weighted by atomic mass is 9.88. The number of benzene rings is 1. The van der Waals surface area contributed by atoms with Crippen molar-refractivity contribution in [3.8, 4) is 5.75 Å². The minimum atomic E-state index is -0.191. The minimum Gasteiger partial charge on any atom is -0.495 e. The Morgan fingerprint density at radius 1 is 1.16 bits per heavy atom. The number of amides is 2. The van der Waals surface area contributed by atoms with Crippen LogP contribution in [-0.4, -0.2) is 43.0 Å². The van der Waals surface area contributed by atoms with E-state index in [0.29, 0.717) is 40.5 Å². The van der Waals surface area contributed by atoms with Crippen LogP contribution in [0, 0.1) is 5.92 Å². The third-order valence-corrected chi connectivity index (χ3v) is 7.80. The Bertz CT molecular complexity index is 987. The number of ether oxygens (including phenoxy) is 1. The van der Waals surface area contributed by atoms with E-state index in [-0.39, 0.29) is 11.8 Å². The number of fused-ring (bicyclic) bond motifs is 1. The summed E-state index contributed by atoms with van der Waals surface area (Å²) in [4.78, 5) is 29.8. The van der Waals surface area contributed by atoms with Gasteiger partial charge in [0.15, 0.2) is 0 Å². The predicted octanol–water partition coefficient (Wildman–Crippen LogP) is 4.95. The van der Waals surface area contributed by atoms with Gasteiger partial charge in [0.2, 0.25) is 5.91 Å². The molecule has 1 aromatic heterocycles. The van der Waals surface area contributed by atoms with Crippen LogP contribution >= 0.6 is 11.3 Å². The molecule has 2 unspecified atom stereocenters. The Balaban J connectivity index is 1.58. The summed E-state index contributed by atoms with van der Waals surface area (Å²) in [5.74, 6) is 0.965. The first-order valence-corrected chi connectivity index (χ1v) is 12.4. The molecule has 0 radical (unpaired) electrons. The lowest BCUT2D eigenvalue weighted by molar-refractivity contribution is -0.118. The molecule has 2 amide bonds. The maximum atomic E-state index is 13.4. The first-order valence-electron chi connectivity index (χ1n) is 11.6. The molecule has 32 heavy (non-hydrogen) atoms. The van der Waals surface area contributed by atoms with Crippen LogP contribution in [0.4, 0.5) is 10.7 Å². The second-order valence-electron chi connectivity index (χ2n) is 9.07. The summed E-state index contributed by atoms with van der Waals surface area (Å²) in [7, 11) is 1.59. The average Bonchev–Trinajstić information content (AvgIpc) is 3.12. The van der Waals surface area contributed by atoms with E-state index in [4.69, 9.17) is 4.74 Å². The second-order valence-corrected chi connectivity index (χ2v) is 10.2. The fourth-order valence-corrected chi connectivity index (χ4v) is 6.18. The number of hydrogen-bond donors (Lipinski definition) is 2. The Hall–Kier alpha value is -2.38. The third-order valence-electron chi connectivity index (χ3n) is 6.63. The number of nitrogens with zero attached hydrogens (tertiary/aromatic N) is 1. The fraction of sp³-hybridized carbons (Fsp3) is 0.520. The zero-order valence-corrected chi connectivity index (χ0v) is 20.0. The van der Waals surface area contributed by atoms with Gasteiger partial charge in [0.05, 0.1) is 24.9 Å². The molecular formula is C25H33N3O3S. The van der Waals surface area contributed by atoms with E-state index < -0.39 is 0 Å². The first-order chi connectivity index (χ1) is 15.5. The standard InChI is InChI=1S/C25H33N3O3S/c1-16-11-12-18-21(14-16)32-25(27-22(29)15-28-13-7-6-8-17(28)2)23(18)24(30)26-19-9-4-5-10-20(19)31-3/h4-5,9-10,16-17H,6-8,11-15H2,1-3H3,(H,26,30)(H,27,29). The maximum Gasteiger partial charge on any atom is 0.259 e. The molecule has 6 nitrogen and oxygen atoms in total. The summed E-state index contributed by atoms with van der Waals surface area (Å²) in [6, 6.07) is 7.80. The number of thiophene rings is 1. The number of piperidine rings is 1. The highest BCUT2D eigenvalue weighted by molar-refractivity contribution is 7.17. The molecule has 1 aliphatic heterocycles. The predicted molar refractivity (Wildman–Crippen MR) is 130 cm³/mol. The number of anilines is 2. The Morgan fingerprint density at radius 3 is 2.75 bits per heavy atom. The Labute approximate surface area is 194 Å². The smallest absolute Gasteiger partial charge is 0.259 e. The van der Waals surface area contributed by atoms with Crippen LogP contribution in [0.15, 0.2) is 24.3 Å². The van der Waals surface area contributed by atoms with Crippen molar-refractivity contribution in [2.75, 3.05) is 30.8 Å². The Kier molecular flexibility index (Phi) is 7.16. The van der Waals surface area contributed by atoms with Crippen LogP contribution in [0.2, 0.25) is 0 Å². The highest BCUT2D eigenvalue weighted by Gasteiger charge is 2.29. The van der Waals surface area contributed by atoms with Crippen LogP contribution in [0.5, 0.6) is 5.75 Å². The summed E-state index contributed by atoms with van der Waals surface area (Å²) in [5, 5.41) is 6.77. The molecule has 0 bridgehead atoms. The normalized spacial score (nSPS) is 21.0. The second kappa shape index (κ2) is 10.0. The molecule has 0 saturated carbocycles. The highest BCUT2D eigenvalue weighted by Crippen LogP contribution is 2.40. The van der Waals surface area contributed by atoms with E-state index in [1.165, 1.54) is 11.3 Å². The number of carbonyl (C=O) groups excluding carboxylic acids is 2. The largest absolute Gasteiger partial charge is 0.495 e. The lowest BCUT2D eigenvalue weighted by Gasteiger charge is -2.32. The van der Waals surface area contributed by atoms with Gasteiger partial charge >= 0.3 is 0 Å². The van der Waals surface area contributed by atoms with Crippen LogP contribution in [-0.2, 0) is 17.6 Å². The van der Waals surface area contributed by atoms with E-state index >= 15 is 0 Å². The van der Waals surface area contributed by atoms with Gasteiger partial charge in [-0.3, -0.25) is 14.5 Å². The number of nitrogens with one attached hydrogen (secondary N) is 2. The molecule has 2 N–H and O–H groups in total. The molecule has 2 aromatic rings. The van der Waals surface area contributed by atoms with Crippen molar-refractivity contribution in [2.45, 2.75) is 58.4 Å². The van der Waals surface area contributed by atoms with Gasteiger partial charge in [-0.25, -0.2) is 0 Å². The molecule has 1 aliphatic carbocycles. The molecule has 2 atom stereocenters. The first kappa shape index (κ1) is 22.8. The molecule has 1 fully saturated rings. The van der Waals surface area contributed by atoms with Gasteiger partial charge in [-0.15, -0.1) is 11.3 Å². The maximum absolute atomic E-state index is 13.4. The van der Waals surface area contributed by atoms with E-state index in [9.17, 15) is 9.59 Å². The van der Waals surface area contributed by atoms with Gasteiger partial charge in [-0.2, -0.15) is 0 Å². The number of methoxy groups -OCH3 is 1. The zero-order chi connectivity index (χ0) is 22.7. The van der Waals surface area contributed by atoms with Crippen molar-refractivity contribution in [3.63, 3.8) is 0 Å². The van der Waals surface area contributed by atoms with E-state index in [1.807, 2.05) is 24.3 Å². The average molecular weight is 456 g/mol. The van der Waals surface area contributed by atoms with Crippen molar-refractivity contribution in [1.82, 2.24) is 4.90 Å². The molecule has 7 heteroatoms. The minimum absolute atomic E-state index is 0.0447. The summed E-state index contributed by atoms with van der Waals surface area (Å²) >= 11 is 1.56. The number of para-hydroxylation sites is 2. The monoisotopic (exact) mass is 455 g/mol. The molecular weight excluding hydrogens is 422 g/mol. The van der Waals surface area contributed by atoms with Gasteiger partial charge in [-0.05, 0) is 69.2 Å². The molecule has 1 saturated heterocycles. The number of carbonyl (C=O) groups is 2. The summed E-state index contributed by atoms with van der Waals surface area (Å²) < 4.78 is 5.39. The van der Waals surface area contributed by atoms with Crippen LogP contribution < -0.4 is 15.4 Å². The molecule has 2 aliphatic rings. The topological polar surface area (TPSA) is 70.7 Å². The van der Waals surface area contributed by atoms with Gasteiger partial charge in [0.1, 0.15) is 10.8 Å². The zero-order valence-electron chi connectivity index (χ0n) is 19.2. The number of rotatable bonds is 6. The van der Waals surface area contributed by atoms with Crippen molar-refractivity contribution in [1.29, 1.82) is 0 Å². The van der Waals surface area contributed by atoms with Gasteiger partial charge in [0, 0.05) is 10.9 Å². The van der Waals surface area contributed by atoms with Gasteiger partial charge < -0.3 is 15.4 Å². The van der Waals surface area contributed by atoms with Gasteiger partial charge in [0.25, 0.3) is 5.91 Å². The van der Waals surface area contributed by atoms with E-state index in [0.717, 1.165) is 44.2 Å². The highest BCUT2D eigenvalue weighted by atomic mass is 32.1. The number of likely N-dealkylation sites (tertiary alicyclic amines) is 1. The molecule has 4 rings (SSSR count). The van der Waals surface area contributed by atoms with Gasteiger partial charge in [-0.1, -0.05) is 25.5 Å². The van der Waals surface area contributed by atoms with Crippen molar-refractivity contribution < 1.29 is 14.3 Å². The van der Waals surface area contributed by atoms with Crippen molar-refractivity contribution in [2.24, 2.45) is 5.92 Å². The third kappa shape index (κ3) is 4.99. The molecule has 172 valence electrons. The molecule has 1 aromatic carbocycles. The summed E-state index contributed by atoms with van der Waals surface area (Å²) in [5.41, 5.74) is 2.33. The van der Waals surface area contributed by atoms with E-state index in [2.05, 4.69) is 29.4 Å². The van der Waals surface area contributed by atoms with Crippen LogP contribution in [0.25, 0.3) is 0 Å². The molecule has 0 spiro atoms. The van der Waals surface area contributed by atoms with Crippen molar-refractivity contribution in [3.05, 3.63) is 40.3 Å². The lowest BCUT2D eigenvalue weighted by Crippen LogP contribution is -2.42. The molecule has 2 heterocycles. The quantitative estimate of drug-likeness (QED) is 0.647. The van der Waals surface area contributed by atoms with Crippen molar-refractivity contribution >= 4 is 33.8 Å². The summed E-state index contributed by atoms with van der Waals surface area (Å²) in [6.45, 7) is 5.75. The Morgan fingerprint density at radius 2 is 1.97 bits per heavy atom.